The van der Waals surface area contributed by atoms with Crippen LogP contribution in [0, 0.1) is 5.92 Å². The molecule has 1 aliphatic carbocycles. The molecule has 0 radical (unpaired) electrons. The summed E-state index contributed by atoms with van der Waals surface area (Å²) < 4.78 is 22.1. The van der Waals surface area contributed by atoms with Crippen LogP contribution in [0.3, 0.4) is 0 Å². The molecule has 0 aromatic heterocycles. The number of hydrogen-bond acceptors (Lipinski definition) is 6. The number of alkyl carbamates (subject to hydrolysis) is 1. The van der Waals surface area contributed by atoms with E-state index in [1.54, 1.807) is 52.8 Å². The standard InChI is InChI=1S/C21H30ClNO6/c1-12(23-20(25)29-21(3,4)5)19(24)27-13(2)18(14-7-8-14)28-15-9-10-16(22)17(11-15)26-6/h9-14,18H,7-8H2,1-6H3,(H,23,25)/t12-,13-,18-/m0/s1. The number of methoxy groups -OCH3 is 1. The summed E-state index contributed by atoms with van der Waals surface area (Å²) in [6.07, 6.45) is 0.530. The molecule has 1 aliphatic rings. The molecule has 3 atom stereocenters. The molecule has 1 saturated carbocycles. The number of amides is 1. The molecule has 0 spiro atoms. The number of carbonyl (C=O) groups excluding carboxylic acids is 2. The zero-order valence-corrected chi connectivity index (χ0v) is 18.5. The fourth-order valence-corrected chi connectivity index (χ4v) is 2.96. The Kier molecular flexibility index (Phi) is 7.63. The molecule has 1 amide bonds. The van der Waals surface area contributed by atoms with Gasteiger partial charge in [-0.1, -0.05) is 11.6 Å². The number of ether oxygens (including phenoxy) is 4. The third-order valence-corrected chi connectivity index (χ3v) is 4.65. The minimum atomic E-state index is -0.845. The van der Waals surface area contributed by atoms with Crippen LogP contribution in [0.5, 0.6) is 11.5 Å². The summed E-state index contributed by atoms with van der Waals surface area (Å²) in [5.41, 5.74) is -0.647. The van der Waals surface area contributed by atoms with Crippen molar-refractivity contribution < 1.29 is 28.5 Å². The first-order chi connectivity index (χ1) is 13.5. The lowest BCUT2D eigenvalue weighted by atomic mass is 10.1. The summed E-state index contributed by atoms with van der Waals surface area (Å²) in [5.74, 6) is 0.851. The molecule has 0 saturated heterocycles. The fraction of sp³-hybridized carbons (Fsp3) is 0.619. The highest BCUT2D eigenvalue weighted by molar-refractivity contribution is 6.32. The molecule has 29 heavy (non-hydrogen) atoms. The number of esters is 1. The van der Waals surface area contributed by atoms with E-state index in [4.69, 9.17) is 30.5 Å². The predicted molar refractivity (Wildman–Crippen MR) is 110 cm³/mol. The van der Waals surface area contributed by atoms with Crippen LogP contribution in [-0.2, 0) is 14.3 Å². The predicted octanol–water partition coefficient (Wildman–Crippen LogP) is 4.35. The van der Waals surface area contributed by atoms with Gasteiger partial charge in [0.15, 0.2) is 0 Å². The van der Waals surface area contributed by atoms with Gasteiger partial charge in [0.05, 0.1) is 12.1 Å². The van der Waals surface area contributed by atoms with E-state index in [0.29, 0.717) is 22.4 Å². The maximum absolute atomic E-state index is 12.4. The van der Waals surface area contributed by atoms with Gasteiger partial charge >= 0.3 is 12.1 Å². The van der Waals surface area contributed by atoms with Gasteiger partial charge in [0.25, 0.3) is 0 Å². The van der Waals surface area contributed by atoms with E-state index in [1.807, 2.05) is 0 Å². The van der Waals surface area contributed by atoms with Crippen LogP contribution in [-0.4, -0.2) is 43.0 Å². The highest BCUT2D eigenvalue weighted by atomic mass is 35.5. The minimum absolute atomic E-state index is 0.300. The molecule has 0 heterocycles. The molecule has 1 aromatic carbocycles. The van der Waals surface area contributed by atoms with Crippen molar-refractivity contribution in [3.63, 3.8) is 0 Å². The molecule has 1 aromatic rings. The summed E-state index contributed by atoms with van der Waals surface area (Å²) in [6.45, 7) is 8.59. The topological polar surface area (TPSA) is 83.1 Å². The van der Waals surface area contributed by atoms with Crippen molar-refractivity contribution in [2.45, 2.75) is 71.3 Å². The zero-order valence-electron chi connectivity index (χ0n) is 17.8. The van der Waals surface area contributed by atoms with Gasteiger partial charge in [0, 0.05) is 6.07 Å². The van der Waals surface area contributed by atoms with Crippen LogP contribution in [0.4, 0.5) is 4.79 Å². The van der Waals surface area contributed by atoms with Gasteiger partial charge in [-0.25, -0.2) is 9.59 Å². The van der Waals surface area contributed by atoms with E-state index in [0.717, 1.165) is 12.8 Å². The van der Waals surface area contributed by atoms with Crippen molar-refractivity contribution in [1.82, 2.24) is 5.32 Å². The maximum atomic E-state index is 12.4. The summed E-state index contributed by atoms with van der Waals surface area (Å²) in [6, 6.07) is 4.31. The van der Waals surface area contributed by atoms with E-state index in [-0.39, 0.29) is 6.10 Å². The first kappa shape index (κ1) is 23.1. The number of rotatable bonds is 8. The lowest BCUT2D eigenvalue weighted by Gasteiger charge is -2.27. The van der Waals surface area contributed by atoms with E-state index >= 15 is 0 Å². The van der Waals surface area contributed by atoms with Crippen molar-refractivity contribution >= 4 is 23.7 Å². The summed E-state index contributed by atoms with van der Waals surface area (Å²) in [7, 11) is 1.53. The molecule has 1 fully saturated rings. The monoisotopic (exact) mass is 427 g/mol. The summed E-state index contributed by atoms with van der Waals surface area (Å²) in [4.78, 5) is 24.3. The van der Waals surface area contributed by atoms with Gasteiger partial charge in [0.1, 0.15) is 35.3 Å². The smallest absolute Gasteiger partial charge is 0.408 e. The number of carbonyl (C=O) groups is 2. The Hall–Kier alpha value is -2.15. The average Bonchev–Trinajstić information content (AvgIpc) is 3.43. The van der Waals surface area contributed by atoms with Crippen molar-refractivity contribution in [3.8, 4) is 11.5 Å². The number of hydrogen-bond donors (Lipinski definition) is 1. The Morgan fingerprint density at radius 1 is 1.21 bits per heavy atom. The second-order valence-electron chi connectivity index (χ2n) is 8.23. The third kappa shape index (κ3) is 7.31. The molecule has 1 N–H and O–H groups in total. The molecular weight excluding hydrogens is 398 g/mol. The Balaban J connectivity index is 1.96. The molecule has 0 aliphatic heterocycles. The van der Waals surface area contributed by atoms with Crippen LogP contribution < -0.4 is 14.8 Å². The van der Waals surface area contributed by atoms with Crippen molar-refractivity contribution in [3.05, 3.63) is 23.2 Å². The van der Waals surface area contributed by atoms with Crippen molar-refractivity contribution in [1.29, 1.82) is 0 Å². The van der Waals surface area contributed by atoms with Crippen molar-refractivity contribution in [2.24, 2.45) is 5.92 Å². The second-order valence-corrected chi connectivity index (χ2v) is 8.63. The SMILES string of the molecule is COc1cc(O[C@H](C2CC2)[C@H](C)OC(=O)[C@H](C)NC(=O)OC(C)(C)C)ccc1Cl. The Bertz CT molecular complexity index is 728. The Morgan fingerprint density at radius 2 is 1.86 bits per heavy atom. The molecule has 8 heteroatoms. The highest BCUT2D eigenvalue weighted by Crippen LogP contribution is 2.38. The molecule has 7 nitrogen and oxygen atoms in total. The van der Waals surface area contributed by atoms with E-state index in [2.05, 4.69) is 5.32 Å². The van der Waals surface area contributed by atoms with Gasteiger partial charge in [-0.15, -0.1) is 0 Å². The average molecular weight is 428 g/mol. The third-order valence-electron chi connectivity index (χ3n) is 4.33. The first-order valence-electron chi connectivity index (χ1n) is 9.70. The normalized spacial score (nSPS) is 16.9. The summed E-state index contributed by atoms with van der Waals surface area (Å²) >= 11 is 6.06. The van der Waals surface area contributed by atoms with Crippen molar-refractivity contribution in [2.75, 3.05) is 7.11 Å². The minimum Gasteiger partial charge on any atom is -0.495 e. The molecular formula is C21H30ClNO6. The molecule has 162 valence electrons. The number of nitrogens with one attached hydrogen (secondary N) is 1. The molecule has 0 unspecified atom stereocenters. The lowest BCUT2D eigenvalue weighted by Crippen LogP contribution is -2.45. The van der Waals surface area contributed by atoms with Gasteiger partial charge < -0.3 is 24.3 Å². The maximum Gasteiger partial charge on any atom is 0.408 e. The van der Waals surface area contributed by atoms with Gasteiger partial charge in [0.2, 0.25) is 0 Å². The first-order valence-corrected chi connectivity index (χ1v) is 10.1. The highest BCUT2D eigenvalue weighted by Gasteiger charge is 2.39. The number of benzene rings is 1. The van der Waals surface area contributed by atoms with Crippen LogP contribution in [0.25, 0.3) is 0 Å². The van der Waals surface area contributed by atoms with Crippen LogP contribution in [0.1, 0.15) is 47.5 Å². The van der Waals surface area contributed by atoms with Gasteiger partial charge in [-0.2, -0.15) is 0 Å². The van der Waals surface area contributed by atoms with E-state index in [1.165, 1.54) is 7.11 Å². The van der Waals surface area contributed by atoms with Crippen LogP contribution >= 0.6 is 11.6 Å². The number of halogens is 1. The largest absolute Gasteiger partial charge is 0.495 e. The van der Waals surface area contributed by atoms with E-state index in [9.17, 15) is 9.59 Å². The second kappa shape index (κ2) is 9.57. The Labute approximate surface area is 177 Å². The molecule has 2 rings (SSSR count). The fourth-order valence-electron chi connectivity index (χ4n) is 2.77. The Morgan fingerprint density at radius 3 is 2.41 bits per heavy atom. The zero-order chi connectivity index (χ0) is 21.8. The van der Waals surface area contributed by atoms with Crippen LogP contribution in [0.15, 0.2) is 18.2 Å². The van der Waals surface area contributed by atoms with Crippen LogP contribution in [0.2, 0.25) is 5.02 Å². The summed E-state index contributed by atoms with van der Waals surface area (Å²) in [5, 5.41) is 2.98. The van der Waals surface area contributed by atoms with E-state index < -0.39 is 29.8 Å². The van der Waals surface area contributed by atoms with Gasteiger partial charge in [-0.05, 0) is 65.5 Å². The molecule has 0 bridgehead atoms. The quantitative estimate of drug-likeness (QED) is 0.621. The lowest BCUT2D eigenvalue weighted by molar-refractivity contribution is -0.155. The van der Waals surface area contributed by atoms with Gasteiger partial charge in [-0.3, -0.25) is 0 Å².